The molecule has 2 rings (SSSR count). The molecule has 22 heavy (non-hydrogen) atoms. The number of carbonyl (C=O) groups excluding carboxylic acids is 2. The van der Waals surface area contributed by atoms with E-state index in [1.54, 1.807) is 4.90 Å². The van der Waals surface area contributed by atoms with Crippen molar-refractivity contribution in [3.05, 3.63) is 35.9 Å². The van der Waals surface area contributed by atoms with E-state index < -0.39 is 0 Å². The van der Waals surface area contributed by atoms with Gasteiger partial charge in [0.2, 0.25) is 11.8 Å². The van der Waals surface area contributed by atoms with Crippen LogP contribution in [-0.2, 0) is 16.1 Å². The van der Waals surface area contributed by atoms with Crippen molar-refractivity contribution < 1.29 is 9.59 Å². The van der Waals surface area contributed by atoms with Crippen LogP contribution in [-0.4, -0.2) is 42.9 Å². The fourth-order valence-corrected chi connectivity index (χ4v) is 2.68. The Balaban J connectivity index is 1.80. The average molecular weight is 303 g/mol. The van der Waals surface area contributed by atoms with Crippen LogP contribution in [0.4, 0.5) is 0 Å². The van der Waals surface area contributed by atoms with Crippen molar-refractivity contribution in [3.63, 3.8) is 0 Å². The summed E-state index contributed by atoms with van der Waals surface area (Å²) >= 11 is 0. The molecule has 1 aliphatic heterocycles. The lowest BCUT2D eigenvalue weighted by atomic mass is 9.97. The molecule has 0 unspecified atom stereocenters. The topological polar surface area (TPSA) is 61.4 Å². The van der Waals surface area contributed by atoms with Crippen LogP contribution < -0.4 is 10.6 Å². The Morgan fingerprint density at radius 1 is 1.23 bits per heavy atom. The molecule has 1 aromatic rings. The molecule has 2 amide bonds. The van der Waals surface area contributed by atoms with Crippen LogP contribution in [0.3, 0.4) is 0 Å². The lowest BCUT2D eigenvalue weighted by molar-refractivity contribution is -0.134. The van der Waals surface area contributed by atoms with E-state index in [4.69, 9.17) is 0 Å². The predicted molar refractivity (Wildman–Crippen MR) is 86.1 cm³/mol. The van der Waals surface area contributed by atoms with Gasteiger partial charge in [-0.15, -0.1) is 0 Å². The summed E-state index contributed by atoms with van der Waals surface area (Å²) in [5.41, 5.74) is 1.10. The van der Waals surface area contributed by atoms with Crippen molar-refractivity contribution in [2.24, 2.45) is 5.92 Å². The van der Waals surface area contributed by atoms with Gasteiger partial charge in [-0.25, -0.2) is 0 Å². The molecule has 2 N–H and O–H groups in total. The lowest BCUT2D eigenvalue weighted by Crippen LogP contribution is -2.43. The van der Waals surface area contributed by atoms with E-state index in [2.05, 4.69) is 10.6 Å². The maximum absolute atomic E-state index is 12.3. The standard InChI is InChI=1S/C17H25N3O2/c1-2-20(13-14-6-4-3-5-7-14)16(21)12-19-17(22)15-8-10-18-11-9-15/h3-7,15,18H,2,8-13H2,1H3,(H,19,22). The Morgan fingerprint density at radius 2 is 1.91 bits per heavy atom. The van der Waals surface area contributed by atoms with E-state index in [-0.39, 0.29) is 24.3 Å². The SMILES string of the molecule is CCN(Cc1ccccc1)C(=O)CNC(=O)C1CCNCC1. The molecule has 1 aromatic carbocycles. The first-order chi connectivity index (χ1) is 10.7. The van der Waals surface area contributed by atoms with Gasteiger partial charge in [-0.3, -0.25) is 9.59 Å². The molecule has 0 atom stereocenters. The average Bonchev–Trinajstić information content (AvgIpc) is 2.59. The normalized spacial score (nSPS) is 15.3. The number of hydrogen-bond acceptors (Lipinski definition) is 3. The van der Waals surface area contributed by atoms with E-state index >= 15 is 0 Å². The minimum absolute atomic E-state index is 0.00520. The lowest BCUT2D eigenvalue weighted by Gasteiger charge is -2.24. The molecule has 0 spiro atoms. The minimum atomic E-state index is -0.0337. The quantitative estimate of drug-likeness (QED) is 0.829. The number of nitrogens with one attached hydrogen (secondary N) is 2. The van der Waals surface area contributed by atoms with Gasteiger partial charge >= 0.3 is 0 Å². The smallest absolute Gasteiger partial charge is 0.242 e. The van der Waals surface area contributed by atoms with Crippen molar-refractivity contribution in [1.29, 1.82) is 0 Å². The molecule has 0 saturated carbocycles. The zero-order chi connectivity index (χ0) is 15.8. The van der Waals surface area contributed by atoms with Crippen molar-refractivity contribution in [2.45, 2.75) is 26.3 Å². The number of hydrogen-bond donors (Lipinski definition) is 2. The van der Waals surface area contributed by atoms with E-state index in [0.29, 0.717) is 13.1 Å². The molecule has 1 aliphatic rings. The molecule has 0 bridgehead atoms. The second kappa shape index (κ2) is 8.54. The Kier molecular flexibility index (Phi) is 6.40. The Bertz CT molecular complexity index is 484. The summed E-state index contributed by atoms with van der Waals surface area (Å²) in [4.78, 5) is 26.1. The van der Waals surface area contributed by atoms with Crippen molar-refractivity contribution >= 4 is 11.8 Å². The highest BCUT2D eigenvalue weighted by molar-refractivity contribution is 5.85. The highest BCUT2D eigenvalue weighted by Crippen LogP contribution is 2.11. The monoisotopic (exact) mass is 303 g/mol. The first-order valence-corrected chi connectivity index (χ1v) is 8.01. The largest absolute Gasteiger partial charge is 0.347 e. The predicted octanol–water partition coefficient (Wildman–Crippen LogP) is 1.15. The maximum atomic E-state index is 12.3. The van der Waals surface area contributed by atoms with Gasteiger partial charge in [0.25, 0.3) is 0 Å². The molecule has 5 nitrogen and oxygen atoms in total. The minimum Gasteiger partial charge on any atom is -0.347 e. The van der Waals surface area contributed by atoms with Crippen molar-refractivity contribution in [2.75, 3.05) is 26.2 Å². The summed E-state index contributed by atoms with van der Waals surface area (Å²) in [6, 6.07) is 9.90. The van der Waals surface area contributed by atoms with Crippen molar-refractivity contribution in [1.82, 2.24) is 15.5 Å². The number of amides is 2. The summed E-state index contributed by atoms with van der Waals surface area (Å²) < 4.78 is 0. The van der Waals surface area contributed by atoms with E-state index in [9.17, 15) is 9.59 Å². The van der Waals surface area contributed by atoms with Gasteiger partial charge in [0, 0.05) is 19.0 Å². The van der Waals surface area contributed by atoms with Gasteiger partial charge in [0.15, 0.2) is 0 Å². The van der Waals surface area contributed by atoms with Gasteiger partial charge in [-0.1, -0.05) is 30.3 Å². The zero-order valence-electron chi connectivity index (χ0n) is 13.2. The summed E-state index contributed by atoms with van der Waals surface area (Å²) in [6.07, 6.45) is 1.70. The van der Waals surface area contributed by atoms with Gasteiger partial charge in [-0.05, 0) is 38.4 Å². The molecule has 0 aliphatic carbocycles. The molecule has 0 aromatic heterocycles. The third-order valence-electron chi connectivity index (χ3n) is 4.07. The van der Waals surface area contributed by atoms with E-state index in [0.717, 1.165) is 31.5 Å². The molecule has 120 valence electrons. The Hall–Kier alpha value is -1.88. The molecule has 1 saturated heterocycles. The fraction of sp³-hybridized carbons (Fsp3) is 0.529. The zero-order valence-corrected chi connectivity index (χ0v) is 13.2. The number of piperidine rings is 1. The van der Waals surface area contributed by atoms with Gasteiger partial charge < -0.3 is 15.5 Å². The summed E-state index contributed by atoms with van der Waals surface area (Å²) in [7, 11) is 0. The fourth-order valence-electron chi connectivity index (χ4n) is 2.68. The van der Waals surface area contributed by atoms with Crippen LogP contribution in [0.25, 0.3) is 0 Å². The number of rotatable bonds is 6. The van der Waals surface area contributed by atoms with E-state index in [1.807, 2.05) is 37.3 Å². The first-order valence-electron chi connectivity index (χ1n) is 8.01. The van der Waals surface area contributed by atoms with Gasteiger partial charge in [-0.2, -0.15) is 0 Å². The number of benzene rings is 1. The molecular formula is C17H25N3O2. The second-order valence-electron chi connectivity index (χ2n) is 5.64. The van der Waals surface area contributed by atoms with Crippen LogP contribution in [0.1, 0.15) is 25.3 Å². The van der Waals surface area contributed by atoms with Gasteiger partial charge in [0.05, 0.1) is 6.54 Å². The molecule has 5 heteroatoms. The maximum Gasteiger partial charge on any atom is 0.242 e. The van der Waals surface area contributed by atoms with Crippen LogP contribution in [0.5, 0.6) is 0 Å². The van der Waals surface area contributed by atoms with Gasteiger partial charge in [0.1, 0.15) is 0 Å². The summed E-state index contributed by atoms with van der Waals surface area (Å²) in [5.74, 6) is 0.0116. The molecule has 0 radical (unpaired) electrons. The Morgan fingerprint density at radius 3 is 2.55 bits per heavy atom. The molecule has 1 heterocycles. The number of nitrogens with zero attached hydrogens (tertiary/aromatic N) is 1. The molecular weight excluding hydrogens is 278 g/mol. The highest BCUT2D eigenvalue weighted by Gasteiger charge is 2.22. The number of carbonyl (C=O) groups is 2. The summed E-state index contributed by atoms with van der Waals surface area (Å²) in [5, 5.41) is 6.03. The van der Waals surface area contributed by atoms with Crippen molar-refractivity contribution in [3.8, 4) is 0 Å². The highest BCUT2D eigenvalue weighted by atomic mass is 16.2. The third-order valence-corrected chi connectivity index (χ3v) is 4.07. The van der Waals surface area contributed by atoms with Crippen LogP contribution in [0, 0.1) is 5.92 Å². The van der Waals surface area contributed by atoms with Crippen LogP contribution in [0.2, 0.25) is 0 Å². The second-order valence-corrected chi connectivity index (χ2v) is 5.64. The Labute approximate surface area is 132 Å². The van der Waals surface area contributed by atoms with Crippen LogP contribution >= 0.6 is 0 Å². The summed E-state index contributed by atoms with van der Waals surface area (Å²) in [6.45, 7) is 5.01. The number of likely N-dealkylation sites (N-methyl/N-ethyl adjacent to an activating group) is 1. The first kappa shape index (κ1) is 16.5. The van der Waals surface area contributed by atoms with E-state index in [1.165, 1.54) is 0 Å². The third kappa shape index (κ3) is 4.84. The van der Waals surface area contributed by atoms with Crippen LogP contribution in [0.15, 0.2) is 30.3 Å². The molecule has 1 fully saturated rings.